The predicted octanol–water partition coefficient (Wildman–Crippen LogP) is 2.48. The van der Waals surface area contributed by atoms with Crippen molar-refractivity contribution in [2.24, 2.45) is 10.9 Å². The number of aliphatic imine (C=N–C) groups is 1. The molecule has 11 nitrogen and oxygen atoms in total. The van der Waals surface area contributed by atoms with Gasteiger partial charge in [0, 0.05) is 63.4 Å². The van der Waals surface area contributed by atoms with Crippen LogP contribution in [0.25, 0.3) is 11.0 Å². The van der Waals surface area contributed by atoms with Crippen molar-refractivity contribution in [3.8, 4) is 5.88 Å². The van der Waals surface area contributed by atoms with Crippen LogP contribution in [-0.2, 0) is 14.3 Å². The molecule has 11 heteroatoms. The van der Waals surface area contributed by atoms with E-state index in [1.165, 1.54) is 6.33 Å². The van der Waals surface area contributed by atoms with E-state index in [2.05, 4.69) is 32.2 Å². The van der Waals surface area contributed by atoms with Crippen LogP contribution in [0.3, 0.4) is 0 Å². The van der Waals surface area contributed by atoms with Crippen LogP contribution in [0, 0.1) is 5.92 Å². The number of nitrogens with zero attached hydrogens (tertiary/aromatic N) is 5. The van der Waals surface area contributed by atoms with E-state index in [9.17, 15) is 9.90 Å². The summed E-state index contributed by atoms with van der Waals surface area (Å²) in [5.41, 5.74) is 1.83. The molecule has 194 valence electrons. The van der Waals surface area contributed by atoms with Crippen LogP contribution < -0.4 is 5.32 Å². The van der Waals surface area contributed by atoms with Gasteiger partial charge in [-0.2, -0.15) is 0 Å². The zero-order chi connectivity index (χ0) is 25.7. The number of anilines is 1. The molecular weight excluding hydrogens is 462 g/mol. The Morgan fingerprint density at radius 2 is 1.97 bits per heavy atom. The van der Waals surface area contributed by atoms with Gasteiger partial charge in [-0.05, 0) is 26.4 Å². The van der Waals surface area contributed by atoms with Crippen LogP contribution in [0.1, 0.15) is 31.2 Å². The number of allylic oxidation sites excluding steroid dienone is 2. The molecular formula is C25H35N7O4. The molecule has 3 heterocycles. The van der Waals surface area contributed by atoms with Crippen molar-refractivity contribution in [3.63, 3.8) is 0 Å². The first-order valence-electron chi connectivity index (χ1n) is 12.2. The second-order valence-corrected chi connectivity index (χ2v) is 9.23. The number of fused-ring (bicyclic) bond motifs is 2. The number of hydrogen-bond donors (Lipinski definition) is 3. The first-order chi connectivity index (χ1) is 17.4. The minimum atomic E-state index is -0.0266. The maximum Gasteiger partial charge on any atom is 0.222 e. The van der Waals surface area contributed by atoms with Gasteiger partial charge in [0.05, 0.1) is 25.2 Å². The molecule has 2 aromatic rings. The molecule has 2 aromatic heterocycles. The zero-order valence-corrected chi connectivity index (χ0v) is 21.4. The molecule has 0 radical (unpaired) electrons. The van der Waals surface area contributed by atoms with Gasteiger partial charge >= 0.3 is 0 Å². The van der Waals surface area contributed by atoms with E-state index in [0.29, 0.717) is 54.1 Å². The summed E-state index contributed by atoms with van der Waals surface area (Å²) >= 11 is 0. The molecule has 4 rings (SSSR count). The Morgan fingerprint density at radius 3 is 2.75 bits per heavy atom. The van der Waals surface area contributed by atoms with Crippen molar-refractivity contribution in [2.45, 2.75) is 25.7 Å². The van der Waals surface area contributed by atoms with Crippen LogP contribution in [0.2, 0.25) is 0 Å². The average molecular weight is 498 g/mol. The van der Waals surface area contributed by atoms with Gasteiger partial charge in [-0.1, -0.05) is 0 Å². The minimum absolute atomic E-state index is 0.0266. The Morgan fingerprint density at radius 1 is 1.14 bits per heavy atom. The van der Waals surface area contributed by atoms with Crippen molar-refractivity contribution in [2.75, 3.05) is 59.8 Å². The maximum atomic E-state index is 12.6. The third-order valence-corrected chi connectivity index (χ3v) is 6.63. The highest BCUT2D eigenvalue weighted by Crippen LogP contribution is 2.33. The van der Waals surface area contributed by atoms with Gasteiger partial charge in [-0.3, -0.25) is 9.79 Å². The lowest BCUT2D eigenvalue weighted by atomic mass is 9.94. The Labute approximate surface area is 210 Å². The van der Waals surface area contributed by atoms with Crippen LogP contribution in [0.4, 0.5) is 5.82 Å². The lowest BCUT2D eigenvalue weighted by Gasteiger charge is -2.29. The summed E-state index contributed by atoms with van der Waals surface area (Å²) in [6, 6.07) is 0. The second kappa shape index (κ2) is 11.4. The van der Waals surface area contributed by atoms with E-state index < -0.39 is 0 Å². The third-order valence-electron chi connectivity index (χ3n) is 6.63. The third kappa shape index (κ3) is 5.62. The van der Waals surface area contributed by atoms with E-state index in [4.69, 9.17) is 14.5 Å². The summed E-state index contributed by atoms with van der Waals surface area (Å²) in [4.78, 5) is 32.9. The Kier molecular flexibility index (Phi) is 8.09. The van der Waals surface area contributed by atoms with Crippen LogP contribution in [0.15, 0.2) is 34.6 Å². The number of aromatic hydroxyl groups is 1. The first-order valence-corrected chi connectivity index (χ1v) is 12.2. The summed E-state index contributed by atoms with van der Waals surface area (Å²) in [7, 11) is 7.16. The zero-order valence-electron chi connectivity index (χ0n) is 21.4. The van der Waals surface area contributed by atoms with E-state index in [0.717, 1.165) is 37.4 Å². The van der Waals surface area contributed by atoms with Gasteiger partial charge in [-0.25, -0.2) is 9.97 Å². The number of methoxy groups -OCH3 is 2. The van der Waals surface area contributed by atoms with Crippen molar-refractivity contribution in [1.82, 2.24) is 24.8 Å². The molecule has 0 aromatic carbocycles. The van der Waals surface area contributed by atoms with Crippen molar-refractivity contribution in [1.29, 1.82) is 0 Å². The monoisotopic (exact) mass is 497 g/mol. The molecule has 1 amide bonds. The number of rotatable bonds is 2. The smallest absolute Gasteiger partial charge is 0.222 e. The fraction of sp³-hybridized carbons (Fsp3) is 0.520. The standard InChI is InChI=1S/C25H35N7O4/c1-31-9-5-7-20(33)32(2)10-6-8-26-23-21-18(25(34)30-24(21)29-15-28-23)13-27-17-11-16(14-31)22(36-4)19(12-17)35-3/h12-13,15-16,34H,5-11,14H2,1-4H3,(H2,26,28,29,30). The lowest BCUT2D eigenvalue weighted by Crippen LogP contribution is -2.32. The lowest BCUT2D eigenvalue weighted by molar-refractivity contribution is -0.130. The highest BCUT2D eigenvalue weighted by molar-refractivity contribution is 6.05. The van der Waals surface area contributed by atoms with Gasteiger partial charge < -0.3 is 34.7 Å². The number of aromatic nitrogens is 3. The molecule has 36 heavy (non-hydrogen) atoms. The van der Waals surface area contributed by atoms with Gasteiger partial charge in [0.1, 0.15) is 23.6 Å². The van der Waals surface area contributed by atoms with Gasteiger partial charge in [-0.15, -0.1) is 0 Å². The number of carbonyl (C=O) groups is 1. The van der Waals surface area contributed by atoms with Crippen molar-refractivity contribution in [3.05, 3.63) is 35.2 Å². The average Bonchev–Trinajstić information content (AvgIpc) is 3.19. The van der Waals surface area contributed by atoms with E-state index in [1.54, 1.807) is 25.3 Å². The summed E-state index contributed by atoms with van der Waals surface area (Å²) in [6.45, 7) is 2.78. The number of nitrogens with one attached hydrogen (secondary N) is 2. The Bertz CT molecular complexity index is 1190. The molecule has 0 fully saturated rings. The predicted molar refractivity (Wildman–Crippen MR) is 138 cm³/mol. The molecule has 1 atom stereocenters. The van der Waals surface area contributed by atoms with Crippen LogP contribution in [0.5, 0.6) is 5.88 Å². The Balaban J connectivity index is 1.71. The van der Waals surface area contributed by atoms with Crippen molar-refractivity contribution < 1.29 is 19.4 Å². The van der Waals surface area contributed by atoms with Gasteiger partial charge in [0.25, 0.3) is 0 Å². The van der Waals surface area contributed by atoms with Crippen LogP contribution >= 0.6 is 0 Å². The topological polar surface area (TPSA) is 128 Å². The molecule has 1 aliphatic heterocycles. The summed E-state index contributed by atoms with van der Waals surface area (Å²) in [5.74, 6) is 2.15. The first kappa shape index (κ1) is 25.5. The number of carbonyl (C=O) groups excluding carboxylic acids is 1. The van der Waals surface area contributed by atoms with E-state index >= 15 is 0 Å². The maximum absolute atomic E-state index is 12.6. The fourth-order valence-corrected chi connectivity index (χ4v) is 4.74. The fourth-order valence-electron chi connectivity index (χ4n) is 4.74. The van der Waals surface area contributed by atoms with Gasteiger partial charge in [0.15, 0.2) is 11.6 Å². The molecule has 3 N–H and O–H groups in total. The van der Waals surface area contributed by atoms with Gasteiger partial charge in [0.2, 0.25) is 5.91 Å². The number of hydrogen-bond acceptors (Lipinski definition) is 9. The number of ether oxygens (including phenoxy) is 2. The minimum Gasteiger partial charge on any atom is -0.497 e. The number of aromatic amines is 1. The quantitative estimate of drug-likeness (QED) is 0.577. The largest absolute Gasteiger partial charge is 0.497 e. The SMILES string of the molecule is COC1=C(OC)C2CC(=C1)N=Cc1c(O)[nH]c3ncnc(c13)NCCCN(C)C(=O)CCCN(C)C2. The molecule has 0 spiro atoms. The molecule has 0 saturated carbocycles. The molecule has 1 aliphatic carbocycles. The molecule has 2 aliphatic rings. The van der Waals surface area contributed by atoms with E-state index in [1.807, 2.05) is 13.1 Å². The van der Waals surface area contributed by atoms with Crippen LogP contribution in [-0.4, -0.2) is 96.5 Å². The highest BCUT2D eigenvalue weighted by Gasteiger charge is 2.27. The summed E-state index contributed by atoms with van der Waals surface area (Å²) in [5, 5.41) is 14.6. The summed E-state index contributed by atoms with van der Waals surface area (Å²) < 4.78 is 11.3. The summed E-state index contributed by atoms with van der Waals surface area (Å²) in [6.07, 6.45) is 7.63. The normalized spacial score (nSPS) is 20.9. The second-order valence-electron chi connectivity index (χ2n) is 9.23. The molecule has 1 unspecified atom stereocenters. The highest BCUT2D eigenvalue weighted by atomic mass is 16.5. The number of amides is 1. The Hall–Kier alpha value is -3.60. The van der Waals surface area contributed by atoms with E-state index in [-0.39, 0.29) is 17.7 Å². The molecule has 0 saturated heterocycles. The molecule has 2 bridgehead atoms. The number of H-pyrrole nitrogens is 1. The van der Waals surface area contributed by atoms with Crippen molar-refractivity contribution >= 4 is 29.0 Å².